The number of carbonyl (C=O) groups excluding carboxylic acids is 2. The molecule has 0 N–H and O–H groups in total. The predicted octanol–water partition coefficient (Wildman–Crippen LogP) is 4.38. The lowest BCUT2D eigenvalue weighted by Crippen LogP contribution is -2.17. The van der Waals surface area contributed by atoms with Gasteiger partial charge in [0.25, 0.3) is 0 Å². The van der Waals surface area contributed by atoms with E-state index in [2.05, 4.69) is 13.1 Å². The third-order valence-corrected chi connectivity index (χ3v) is 3.27. The van der Waals surface area contributed by atoms with Crippen LogP contribution in [0.3, 0.4) is 0 Å². The Balaban J connectivity index is 0.000000817. The van der Waals surface area contributed by atoms with Gasteiger partial charge in [0.2, 0.25) is 0 Å². The zero-order valence-corrected chi connectivity index (χ0v) is 16.8. The van der Waals surface area contributed by atoms with Gasteiger partial charge >= 0.3 is 11.9 Å². The highest BCUT2D eigenvalue weighted by molar-refractivity contribution is 6.31. The fourth-order valence-electron chi connectivity index (χ4n) is 2.14. The van der Waals surface area contributed by atoms with Crippen molar-refractivity contribution in [3.63, 3.8) is 0 Å². The molecule has 4 nitrogen and oxygen atoms in total. The molecule has 5 heteroatoms. The molecular formula is C22H22O4Si. The van der Waals surface area contributed by atoms with Crippen molar-refractivity contribution in [3.8, 4) is 11.5 Å². The second kappa shape index (κ2) is 10.7. The number of rotatable bonds is 4. The minimum atomic E-state index is -0.609. The summed E-state index contributed by atoms with van der Waals surface area (Å²) in [4.78, 5) is 24.7. The standard InChI is InChI=1S/C20H14O4.C2H8Si/c21-19(23-15-9-3-1-4-10-15)17-13-7-8-14-18(17)20(22)24-16-11-5-2-6-12-16;1-3-2/h1-14H;3H2,1-2H3. The smallest absolute Gasteiger partial charge is 0.344 e. The second-order valence-corrected chi connectivity index (χ2v) is 7.07. The topological polar surface area (TPSA) is 52.6 Å². The minimum absolute atomic E-state index is 0.155. The maximum Gasteiger partial charge on any atom is 0.344 e. The average molecular weight is 379 g/mol. The molecule has 0 saturated carbocycles. The lowest BCUT2D eigenvalue weighted by Gasteiger charge is -2.09. The van der Waals surface area contributed by atoms with Gasteiger partial charge in [-0.25, -0.2) is 9.59 Å². The van der Waals surface area contributed by atoms with Crippen molar-refractivity contribution < 1.29 is 19.1 Å². The third-order valence-electron chi connectivity index (χ3n) is 3.27. The van der Waals surface area contributed by atoms with Crippen LogP contribution in [0.5, 0.6) is 11.5 Å². The van der Waals surface area contributed by atoms with Gasteiger partial charge in [0.1, 0.15) is 11.5 Å². The summed E-state index contributed by atoms with van der Waals surface area (Å²) >= 11 is 0. The Kier molecular flexibility index (Phi) is 8.00. The van der Waals surface area contributed by atoms with E-state index < -0.39 is 11.9 Å². The summed E-state index contributed by atoms with van der Waals surface area (Å²) in [6.07, 6.45) is 0. The van der Waals surface area contributed by atoms with Gasteiger partial charge < -0.3 is 9.47 Å². The molecule has 0 aromatic heterocycles. The summed E-state index contributed by atoms with van der Waals surface area (Å²) < 4.78 is 10.6. The van der Waals surface area contributed by atoms with E-state index in [0.29, 0.717) is 21.0 Å². The van der Waals surface area contributed by atoms with Crippen molar-refractivity contribution >= 4 is 21.5 Å². The number of carbonyl (C=O) groups is 2. The molecule has 0 heterocycles. The summed E-state index contributed by atoms with van der Waals surface area (Å²) in [6.45, 7) is 4.53. The summed E-state index contributed by atoms with van der Waals surface area (Å²) in [5.41, 5.74) is 0.310. The Morgan fingerprint density at radius 2 is 0.889 bits per heavy atom. The van der Waals surface area contributed by atoms with Gasteiger partial charge in [0, 0.05) is 9.52 Å². The lowest BCUT2D eigenvalue weighted by atomic mass is 10.1. The molecule has 0 amide bonds. The SMILES string of the molecule is C[SiH2]C.O=C(Oc1ccccc1)c1ccccc1C(=O)Oc1ccccc1. The van der Waals surface area contributed by atoms with E-state index in [-0.39, 0.29) is 11.1 Å². The first-order valence-electron chi connectivity index (χ1n) is 8.79. The molecule has 0 aliphatic carbocycles. The van der Waals surface area contributed by atoms with Gasteiger partial charge in [-0.2, -0.15) is 0 Å². The Bertz CT molecular complexity index is 791. The van der Waals surface area contributed by atoms with Crippen LogP contribution in [0.25, 0.3) is 0 Å². The Labute approximate surface area is 161 Å². The van der Waals surface area contributed by atoms with Crippen LogP contribution in [0.4, 0.5) is 0 Å². The summed E-state index contributed by atoms with van der Waals surface area (Å²) in [6, 6.07) is 23.8. The predicted molar refractivity (Wildman–Crippen MR) is 110 cm³/mol. The van der Waals surface area contributed by atoms with Crippen LogP contribution in [-0.2, 0) is 0 Å². The molecule has 0 unspecified atom stereocenters. The number of esters is 2. The third kappa shape index (κ3) is 6.24. The maximum absolute atomic E-state index is 12.4. The van der Waals surface area contributed by atoms with Crippen LogP contribution in [-0.4, -0.2) is 21.5 Å². The first-order chi connectivity index (χ1) is 13.2. The van der Waals surface area contributed by atoms with Crippen LogP contribution in [0.15, 0.2) is 84.9 Å². The number of hydrogen-bond donors (Lipinski definition) is 0. The molecule has 0 fully saturated rings. The number of benzene rings is 3. The first-order valence-corrected chi connectivity index (χ1v) is 11.6. The van der Waals surface area contributed by atoms with E-state index in [1.54, 1.807) is 60.7 Å². The Morgan fingerprint density at radius 1 is 0.593 bits per heavy atom. The van der Waals surface area contributed by atoms with Crippen molar-refractivity contribution in [1.29, 1.82) is 0 Å². The molecule has 0 spiro atoms. The largest absolute Gasteiger partial charge is 0.423 e. The molecule has 3 rings (SSSR count). The highest BCUT2D eigenvalue weighted by Gasteiger charge is 2.20. The normalized spacial score (nSPS) is 9.56. The zero-order valence-electron chi connectivity index (χ0n) is 15.4. The van der Waals surface area contributed by atoms with Crippen molar-refractivity contribution in [3.05, 3.63) is 96.1 Å². The Morgan fingerprint density at radius 3 is 1.22 bits per heavy atom. The second-order valence-electron chi connectivity index (χ2n) is 5.66. The van der Waals surface area contributed by atoms with Crippen molar-refractivity contribution in [2.45, 2.75) is 13.1 Å². The van der Waals surface area contributed by atoms with Gasteiger partial charge in [-0.15, -0.1) is 0 Å². The lowest BCUT2D eigenvalue weighted by molar-refractivity contribution is 0.0692. The van der Waals surface area contributed by atoms with Crippen LogP contribution >= 0.6 is 0 Å². The molecule has 3 aromatic carbocycles. The van der Waals surface area contributed by atoms with Gasteiger partial charge in [-0.3, -0.25) is 0 Å². The number of hydrogen-bond acceptors (Lipinski definition) is 4. The number of para-hydroxylation sites is 2. The minimum Gasteiger partial charge on any atom is -0.423 e. The molecule has 0 atom stereocenters. The van der Waals surface area contributed by atoms with E-state index >= 15 is 0 Å². The van der Waals surface area contributed by atoms with Crippen LogP contribution in [0.2, 0.25) is 13.1 Å². The van der Waals surface area contributed by atoms with Crippen LogP contribution < -0.4 is 9.47 Å². The summed E-state index contributed by atoms with van der Waals surface area (Å²) in [7, 11) is 0.417. The van der Waals surface area contributed by atoms with E-state index in [9.17, 15) is 9.59 Å². The highest BCUT2D eigenvalue weighted by atomic mass is 28.2. The van der Waals surface area contributed by atoms with E-state index in [0.717, 1.165) is 0 Å². The molecule has 0 bridgehead atoms. The van der Waals surface area contributed by atoms with Crippen molar-refractivity contribution in [2.75, 3.05) is 0 Å². The van der Waals surface area contributed by atoms with Gasteiger partial charge in [-0.05, 0) is 36.4 Å². The van der Waals surface area contributed by atoms with Gasteiger partial charge in [0.15, 0.2) is 0 Å². The molecule has 27 heavy (non-hydrogen) atoms. The quantitative estimate of drug-likeness (QED) is 0.384. The molecule has 0 aliphatic rings. The average Bonchev–Trinajstić information content (AvgIpc) is 2.70. The molecule has 138 valence electrons. The van der Waals surface area contributed by atoms with E-state index in [1.165, 1.54) is 12.1 Å². The summed E-state index contributed by atoms with van der Waals surface area (Å²) in [5.74, 6) is -0.397. The van der Waals surface area contributed by atoms with Gasteiger partial charge in [-0.1, -0.05) is 61.6 Å². The fraction of sp³-hybridized carbons (Fsp3) is 0.0909. The molecule has 0 saturated heterocycles. The molecule has 0 radical (unpaired) electrons. The first kappa shape index (κ1) is 20.1. The number of ether oxygens (including phenoxy) is 2. The van der Waals surface area contributed by atoms with Crippen molar-refractivity contribution in [1.82, 2.24) is 0 Å². The molecular weight excluding hydrogens is 356 g/mol. The van der Waals surface area contributed by atoms with Crippen LogP contribution in [0.1, 0.15) is 20.7 Å². The molecule has 0 aliphatic heterocycles. The monoisotopic (exact) mass is 378 g/mol. The van der Waals surface area contributed by atoms with E-state index in [4.69, 9.17) is 9.47 Å². The van der Waals surface area contributed by atoms with Crippen LogP contribution in [0, 0.1) is 0 Å². The maximum atomic E-state index is 12.4. The van der Waals surface area contributed by atoms with Gasteiger partial charge in [0.05, 0.1) is 11.1 Å². The zero-order chi connectivity index (χ0) is 19.5. The fourth-order valence-corrected chi connectivity index (χ4v) is 2.14. The molecule has 3 aromatic rings. The Hall–Kier alpha value is -3.18. The van der Waals surface area contributed by atoms with Crippen molar-refractivity contribution in [2.24, 2.45) is 0 Å². The summed E-state index contributed by atoms with van der Waals surface area (Å²) in [5, 5.41) is 0. The highest BCUT2D eigenvalue weighted by Crippen LogP contribution is 2.17. The van der Waals surface area contributed by atoms with E-state index in [1.807, 2.05) is 12.1 Å².